The van der Waals surface area contributed by atoms with Crippen LogP contribution in [0.3, 0.4) is 0 Å². The molecule has 9 rings (SSSR count). The van der Waals surface area contributed by atoms with Crippen LogP contribution < -0.4 is 9.80 Å². The zero-order valence-electron chi connectivity index (χ0n) is 29.1. The Balaban J connectivity index is 1.44. The lowest BCUT2D eigenvalue weighted by Gasteiger charge is -2.33. The van der Waals surface area contributed by atoms with Crippen molar-refractivity contribution in [2.75, 3.05) is 9.80 Å². The number of nitrogens with zero attached hydrogens (tertiary/aromatic N) is 2. The number of benzene rings is 9. The van der Waals surface area contributed by atoms with Crippen molar-refractivity contribution in [3.63, 3.8) is 0 Å². The van der Waals surface area contributed by atoms with Gasteiger partial charge >= 0.3 is 0 Å². The minimum absolute atomic E-state index is 1.12. The molecule has 0 heterocycles. The summed E-state index contributed by atoms with van der Waals surface area (Å²) in [6.45, 7) is 6.67. The Labute approximate surface area is 299 Å². The zero-order valence-corrected chi connectivity index (χ0v) is 29.1. The van der Waals surface area contributed by atoms with Gasteiger partial charge in [-0.05, 0) is 120 Å². The van der Waals surface area contributed by atoms with Crippen LogP contribution in [-0.2, 0) is 0 Å². The van der Waals surface area contributed by atoms with Crippen LogP contribution in [0, 0.1) is 20.8 Å². The molecule has 0 fully saturated rings. The molecule has 0 bridgehead atoms. The van der Waals surface area contributed by atoms with Gasteiger partial charge in [-0.2, -0.15) is 0 Å². The van der Waals surface area contributed by atoms with E-state index in [1.165, 1.54) is 71.2 Å². The Bertz CT molecular complexity index is 2730. The van der Waals surface area contributed by atoms with E-state index in [1.807, 2.05) is 0 Å². The summed E-state index contributed by atoms with van der Waals surface area (Å²) in [4.78, 5) is 4.94. The molecule has 0 N–H and O–H groups in total. The van der Waals surface area contributed by atoms with Gasteiger partial charge in [0, 0.05) is 44.3 Å². The highest BCUT2D eigenvalue weighted by atomic mass is 15.2. The normalized spacial score (nSPS) is 11.4. The van der Waals surface area contributed by atoms with E-state index in [-0.39, 0.29) is 0 Å². The molecular formula is C49H38N2. The van der Waals surface area contributed by atoms with Crippen LogP contribution in [0.15, 0.2) is 176 Å². The lowest BCUT2D eigenvalue weighted by atomic mass is 9.91. The van der Waals surface area contributed by atoms with Crippen LogP contribution in [0.2, 0.25) is 0 Å². The second-order valence-electron chi connectivity index (χ2n) is 13.6. The van der Waals surface area contributed by atoms with Gasteiger partial charge < -0.3 is 9.80 Å². The van der Waals surface area contributed by atoms with Gasteiger partial charge in [-0.15, -0.1) is 0 Å². The van der Waals surface area contributed by atoms with Crippen LogP contribution in [0.1, 0.15) is 16.7 Å². The standard InChI is InChI=1S/C49H38N2/c1-33-22-27-44-45(28-33)49(51(41-20-8-5-9-21-41)43-26-24-37-15-11-13-17-39(37)32-43)47-30-35(3)34(2)29-46(47)48(44)50(40-18-6-4-7-19-40)42-25-23-36-14-10-12-16-38(36)31-42/h4-32H,1-3H3. The maximum Gasteiger partial charge on any atom is 0.0620 e. The Morgan fingerprint density at radius 2 is 0.706 bits per heavy atom. The summed E-state index contributed by atoms with van der Waals surface area (Å²) in [6.07, 6.45) is 0. The number of para-hydroxylation sites is 2. The van der Waals surface area contributed by atoms with Crippen LogP contribution in [0.25, 0.3) is 43.1 Å². The van der Waals surface area contributed by atoms with Crippen molar-refractivity contribution in [1.29, 1.82) is 0 Å². The third-order valence-electron chi connectivity index (χ3n) is 10.3. The molecule has 0 spiro atoms. The molecule has 0 saturated carbocycles. The average Bonchev–Trinajstić information content (AvgIpc) is 3.17. The Hall–Kier alpha value is -6.38. The van der Waals surface area contributed by atoms with Crippen LogP contribution in [-0.4, -0.2) is 0 Å². The Morgan fingerprint density at radius 3 is 1.20 bits per heavy atom. The molecule has 0 aromatic heterocycles. The largest absolute Gasteiger partial charge is 0.309 e. The summed E-state index contributed by atoms with van der Waals surface area (Å²) >= 11 is 0. The highest BCUT2D eigenvalue weighted by molar-refractivity contribution is 6.24. The first-order chi connectivity index (χ1) is 25.0. The number of hydrogen-bond acceptors (Lipinski definition) is 2. The molecule has 0 amide bonds. The number of hydrogen-bond donors (Lipinski definition) is 0. The molecule has 244 valence electrons. The van der Waals surface area contributed by atoms with E-state index >= 15 is 0 Å². The Morgan fingerprint density at radius 1 is 0.294 bits per heavy atom. The monoisotopic (exact) mass is 654 g/mol. The summed E-state index contributed by atoms with van der Waals surface area (Å²) in [5, 5.41) is 9.73. The first kappa shape index (κ1) is 30.7. The molecule has 0 aliphatic carbocycles. The quantitative estimate of drug-likeness (QED) is 0.130. The van der Waals surface area contributed by atoms with E-state index in [9.17, 15) is 0 Å². The third-order valence-corrected chi connectivity index (χ3v) is 10.3. The molecule has 0 unspecified atom stereocenters. The first-order valence-electron chi connectivity index (χ1n) is 17.7. The topological polar surface area (TPSA) is 6.48 Å². The predicted molar refractivity (Wildman–Crippen MR) is 220 cm³/mol. The maximum atomic E-state index is 2.47. The number of anilines is 6. The van der Waals surface area contributed by atoms with Gasteiger partial charge in [0.2, 0.25) is 0 Å². The molecule has 0 saturated heterocycles. The number of fused-ring (bicyclic) bond motifs is 4. The van der Waals surface area contributed by atoms with Gasteiger partial charge in [-0.1, -0.05) is 115 Å². The van der Waals surface area contributed by atoms with Gasteiger partial charge in [0.1, 0.15) is 0 Å². The van der Waals surface area contributed by atoms with Gasteiger partial charge in [0.05, 0.1) is 11.4 Å². The second kappa shape index (κ2) is 12.5. The fraction of sp³-hybridized carbons (Fsp3) is 0.0612. The third kappa shape index (κ3) is 5.37. The molecule has 9 aromatic rings. The summed E-state index contributed by atoms with van der Waals surface area (Å²) in [7, 11) is 0. The van der Waals surface area contributed by atoms with Crippen molar-refractivity contribution in [3.8, 4) is 0 Å². The van der Waals surface area contributed by atoms with E-state index < -0.39 is 0 Å². The summed E-state index contributed by atoms with van der Waals surface area (Å²) in [5.74, 6) is 0. The van der Waals surface area contributed by atoms with Crippen LogP contribution in [0.5, 0.6) is 0 Å². The van der Waals surface area contributed by atoms with Crippen molar-refractivity contribution in [1.82, 2.24) is 0 Å². The van der Waals surface area contributed by atoms with Gasteiger partial charge in [0.25, 0.3) is 0 Å². The van der Waals surface area contributed by atoms with E-state index in [0.29, 0.717) is 0 Å². The van der Waals surface area contributed by atoms with Gasteiger partial charge in [-0.3, -0.25) is 0 Å². The molecular weight excluding hydrogens is 617 g/mol. The molecule has 0 aliphatic rings. The highest BCUT2D eigenvalue weighted by Gasteiger charge is 2.26. The maximum absolute atomic E-state index is 2.47. The fourth-order valence-corrected chi connectivity index (χ4v) is 7.64. The van der Waals surface area contributed by atoms with E-state index in [1.54, 1.807) is 0 Å². The van der Waals surface area contributed by atoms with Crippen molar-refractivity contribution in [2.45, 2.75) is 20.8 Å². The molecule has 0 atom stereocenters. The predicted octanol–water partition coefficient (Wildman–Crippen LogP) is 14.2. The van der Waals surface area contributed by atoms with Crippen molar-refractivity contribution in [3.05, 3.63) is 193 Å². The molecule has 51 heavy (non-hydrogen) atoms. The fourth-order valence-electron chi connectivity index (χ4n) is 7.64. The molecule has 0 radical (unpaired) electrons. The second-order valence-corrected chi connectivity index (χ2v) is 13.6. The average molecular weight is 655 g/mol. The first-order valence-corrected chi connectivity index (χ1v) is 17.7. The van der Waals surface area contributed by atoms with Crippen molar-refractivity contribution >= 4 is 77.2 Å². The molecule has 0 aliphatic heterocycles. The van der Waals surface area contributed by atoms with Gasteiger partial charge in [0.15, 0.2) is 0 Å². The molecule has 2 heteroatoms. The Kier molecular flexibility index (Phi) is 7.51. The summed E-state index contributed by atoms with van der Waals surface area (Å²) < 4.78 is 0. The van der Waals surface area contributed by atoms with Crippen molar-refractivity contribution in [2.24, 2.45) is 0 Å². The van der Waals surface area contributed by atoms with E-state index in [0.717, 1.165) is 22.7 Å². The minimum atomic E-state index is 1.12. The van der Waals surface area contributed by atoms with Crippen LogP contribution >= 0.6 is 0 Å². The molecule has 2 nitrogen and oxygen atoms in total. The van der Waals surface area contributed by atoms with Gasteiger partial charge in [-0.25, -0.2) is 0 Å². The van der Waals surface area contributed by atoms with Crippen LogP contribution in [0.4, 0.5) is 34.1 Å². The van der Waals surface area contributed by atoms with E-state index in [2.05, 4.69) is 206 Å². The highest BCUT2D eigenvalue weighted by Crippen LogP contribution is 2.52. The van der Waals surface area contributed by atoms with E-state index in [4.69, 9.17) is 0 Å². The van der Waals surface area contributed by atoms with Crippen molar-refractivity contribution < 1.29 is 0 Å². The summed E-state index contributed by atoms with van der Waals surface area (Å²) in [5.41, 5.74) is 10.6. The SMILES string of the molecule is Cc1ccc2c(N(c3ccccc3)c3ccc4ccccc4c3)c3cc(C)c(C)cc3c(N(c3ccccc3)c3ccc4ccccc4c3)c2c1. The summed E-state index contributed by atoms with van der Waals surface area (Å²) in [6, 6.07) is 64.4. The minimum Gasteiger partial charge on any atom is -0.309 e. The number of aryl methyl sites for hydroxylation is 3. The molecule has 9 aromatic carbocycles. The number of rotatable bonds is 6. The zero-order chi connectivity index (χ0) is 34.5. The smallest absolute Gasteiger partial charge is 0.0620 e. The lowest BCUT2D eigenvalue weighted by molar-refractivity contribution is 1.29. The lowest BCUT2D eigenvalue weighted by Crippen LogP contribution is -2.15.